The predicted octanol–water partition coefficient (Wildman–Crippen LogP) is 3.20. The van der Waals surface area contributed by atoms with E-state index in [1.165, 1.54) is 0 Å². The maximum atomic E-state index is 12.0. The minimum Gasteiger partial charge on any atom is -0.350 e. The van der Waals surface area contributed by atoms with Crippen molar-refractivity contribution in [1.82, 2.24) is 10.3 Å². The summed E-state index contributed by atoms with van der Waals surface area (Å²) in [5.41, 5.74) is 3.33. The molecule has 1 aromatic heterocycles. The van der Waals surface area contributed by atoms with Crippen LogP contribution in [0.25, 0.3) is 11.3 Å². The number of rotatable bonds is 3. The van der Waals surface area contributed by atoms with Gasteiger partial charge in [-0.15, -0.1) is 0 Å². The van der Waals surface area contributed by atoms with Crippen molar-refractivity contribution in [2.75, 3.05) is 0 Å². The molecule has 1 heterocycles. The predicted molar refractivity (Wildman–Crippen MR) is 77.0 cm³/mol. The largest absolute Gasteiger partial charge is 0.350 e. The highest BCUT2D eigenvalue weighted by molar-refractivity contribution is 5.95. The molecule has 1 N–H and O–H groups in total. The van der Waals surface area contributed by atoms with Crippen LogP contribution in [0.5, 0.6) is 0 Å². The lowest BCUT2D eigenvalue weighted by atomic mass is 10.1. The minimum absolute atomic E-state index is 0.0698. The van der Waals surface area contributed by atoms with E-state index in [2.05, 4.69) is 10.3 Å². The molecule has 0 aliphatic heterocycles. The van der Waals surface area contributed by atoms with Gasteiger partial charge in [0.25, 0.3) is 5.91 Å². The third-order valence-electron chi connectivity index (χ3n) is 2.82. The van der Waals surface area contributed by atoms with E-state index in [4.69, 9.17) is 0 Å². The topological polar surface area (TPSA) is 42.0 Å². The van der Waals surface area contributed by atoms with E-state index in [1.54, 1.807) is 0 Å². The van der Waals surface area contributed by atoms with E-state index in [0.29, 0.717) is 5.56 Å². The van der Waals surface area contributed by atoms with Crippen LogP contribution >= 0.6 is 0 Å². The summed E-state index contributed by atoms with van der Waals surface area (Å²) >= 11 is 0. The average molecular weight is 254 g/mol. The summed E-state index contributed by atoms with van der Waals surface area (Å²) in [6, 6.07) is 13.8. The summed E-state index contributed by atoms with van der Waals surface area (Å²) in [7, 11) is 0. The van der Waals surface area contributed by atoms with E-state index < -0.39 is 0 Å². The monoisotopic (exact) mass is 254 g/mol. The number of aryl methyl sites for hydroxylation is 1. The molecule has 3 heteroatoms. The van der Waals surface area contributed by atoms with Crippen LogP contribution in [-0.4, -0.2) is 16.9 Å². The van der Waals surface area contributed by atoms with E-state index >= 15 is 0 Å². The standard InChI is InChI=1S/C16H18N2O/c1-11(2)17-16(19)14-9-10-15(18-12(14)3)13-7-5-4-6-8-13/h4-11H,1-3H3,(H,17,19). The second-order valence-corrected chi connectivity index (χ2v) is 4.82. The number of benzene rings is 1. The zero-order valence-electron chi connectivity index (χ0n) is 11.5. The Kier molecular flexibility index (Phi) is 3.95. The Labute approximate surface area is 113 Å². The van der Waals surface area contributed by atoms with Crippen LogP contribution in [0.1, 0.15) is 29.9 Å². The number of nitrogens with one attached hydrogen (secondary N) is 1. The lowest BCUT2D eigenvalue weighted by Gasteiger charge is -2.11. The molecule has 2 aromatic rings. The highest BCUT2D eigenvalue weighted by Gasteiger charge is 2.11. The van der Waals surface area contributed by atoms with Crippen molar-refractivity contribution < 1.29 is 4.79 Å². The van der Waals surface area contributed by atoms with Gasteiger partial charge in [0.15, 0.2) is 0 Å². The highest BCUT2D eigenvalue weighted by atomic mass is 16.1. The molecule has 0 radical (unpaired) electrons. The Bertz CT molecular complexity index is 577. The number of hydrogen-bond donors (Lipinski definition) is 1. The molecule has 0 unspecified atom stereocenters. The fraction of sp³-hybridized carbons (Fsp3) is 0.250. The Balaban J connectivity index is 2.30. The summed E-state index contributed by atoms with van der Waals surface area (Å²) in [4.78, 5) is 16.5. The fourth-order valence-electron chi connectivity index (χ4n) is 1.91. The number of aromatic nitrogens is 1. The molecule has 2 rings (SSSR count). The van der Waals surface area contributed by atoms with Crippen LogP contribution in [0, 0.1) is 6.92 Å². The minimum atomic E-state index is -0.0698. The van der Waals surface area contributed by atoms with E-state index in [9.17, 15) is 4.79 Å². The first kappa shape index (κ1) is 13.3. The molecular formula is C16H18N2O. The average Bonchev–Trinajstić information content (AvgIpc) is 2.38. The van der Waals surface area contributed by atoms with E-state index in [-0.39, 0.29) is 11.9 Å². The molecule has 0 atom stereocenters. The number of amides is 1. The first-order valence-corrected chi connectivity index (χ1v) is 6.42. The van der Waals surface area contributed by atoms with Crippen molar-refractivity contribution in [2.45, 2.75) is 26.8 Å². The van der Waals surface area contributed by atoms with Gasteiger partial charge < -0.3 is 5.32 Å². The lowest BCUT2D eigenvalue weighted by molar-refractivity contribution is 0.0942. The summed E-state index contributed by atoms with van der Waals surface area (Å²) in [5.74, 6) is -0.0698. The Hall–Kier alpha value is -2.16. The van der Waals surface area contributed by atoms with Gasteiger partial charge in [-0.25, -0.2) is 0 Å². The Morgan fingerprint density at radius 2 is 1.79 bits per heavy atom. The van der Waals surface area contributed by atoms with Crippen molar-refractivity contribution >= 4 is 5.91 Å². The van der Waals surface area contributed by atoms with Crippen LogP contribution in [-0.2, 0) is 0 Å². The molecule has 0 saturated carbocycles. The number of pyridine rings is 1. The van der Waals surface area contributed by atoms with Gasteiger partial charge in [-0.1, -0.05) is 30.3 Å². The molecule has 0 saturated heterocycles. The maximum absolute atomic E-state index is 12.0. The number of carbonyl (C=O) groups excluding carboxylic acids is 1. The van der Waals surface area contributed by atoms with Gasteiger partial charge >= 0.3 is 0 Å². The van der Waals surface area contributed by atoms with Crippen LogP contribution in [0.2, 0.25) is 0 Å². The van der Waals surface area contributed by atoms with Gasteiger partial charge in [0.1, 0.15) is 0 Å². The van der Waals surface area contributed by atoms with E-state index in [1.807, 2.05) is 63.2 Å². The van der Waals surface area contributed by atoms with Crippen molar-refractivity contribution in [1.29, 1.82) is 0 Å². The molecule has 1 aromatic carbocycles. The second kappa shape index (κ2) is 5.65. The normalized spacial score (nSPS) is 10.5. The molecular weight excluding hydrogens is 236 g/mol. The first-order valence-electron chi connectivity index (χ1n) is 6.42. The highest BCUT2D eigenvalue weighted by Crippen LogP contribution is 2.18. The van der Waals surface area contributed by atoms with Gasteiger partial charge in [-0.05, 0) is 32.9 Å². The van der Waals surface area contributed by atoms with E-state index in [0.717, 1.165) is 17.0 Å². The smallest absolute Gasteiger partial charge is 0.253 e. The van der Waals surface area contributed by atoms with Gasteiger partial charge in [-0.2, -0.15) is 0 Å². The number of nitrogens with zero attached hydrogens (tertiary/aromatic N) is 1. The molecule has 0 spiro atoms. The Morgan fingerprint density at radius 1 is 1.11 bits per heavy atom. The molecule has 3 nitrogen and oxygen atoms in total. The quantitative estimate of drug-likeness (QED) is 0.914. The maximum Gasteiger partial charge on any atom is 0.253 e. The SMILES string of the molecule is Cc1nc(-c2ccccc2)ccc1C(=O)NC(C)C. The molecule has 1 amide bonds. The third kappa shape index (κ3) is 3.19. The van der Waals surface area contributed by atoms with Gasteiger partial charge in [0.05, 0.1) is 17.0 Å². The molecule has 0 fully saturated rings. The molecule has 98 valence electrons. The van der Waals surface area contributed by atoms with Gasteiger partial charge in [0.2, 0.25) is 0 Å². The lowest BCUT2D eigenvalue weighted by Crippen LogP contribution is -2.30. The van der Waals surface area contributed by atoms with Gasteiger partial charge in [0, 0.05) is 11.6 Å². The summed E-state index contributed by atoms with van der Waals surface area (Å²) in [6.07, 6.45) is 0. The van der Waals surface area contributed by atoms with Crippen LogP contribution in [0.15, 0.2) is 42.5 Å². The van der Waals surface area contributed by atoms with Crippen molar-refractivity contribution in [3.8, 4) is 11.3 Å². The van der Waals surface area contributed by atoms with Crippen LogP contribution in [0.4, 0.5) is 0 Å². The van der Waals surface area contributed by atoms with Crippen molar-refractivity contribution in [3.63, 3.8) is 0 Å². The molecule has 0 aliphatic rings. The molecule has 19 heavy (non-hydrogen) atoms. The summed E-state index contributed by atoms with van der Waals surface area (Å²) in [5, 5.41) is 2.88. The molecule has 0 bridgehead atoms. The van der Waals surface area contributed by atoms with Crippen LogP contribution < -0.4 is 5.32 Å². The van der Waals surface area contributed by atoms with Gasteiger partial charge in [-0.3, -0.25) is 9.78 Å². The zero-order valence-corrected chi connectivity index (χ0v) is 11.5. The fourth-order valence-corrected chi connectivity index (χ4v) is 1.91. The summed E-state index contributed by atoms with van der Waals surface area (Å²) < 4.78 is 0. The second-order valence-electron chi connectivity index (χ2n) is 4.82. The Morgan fingerprint density at radius 3 is 2.37 bits per heavy atom. The summed E-state index contributed by atoms with van der Waals surface area (Å²) in [6.45, 7) is 5.75. The van der Waals surface area contributed by atoms with Crippen LogP contribution in [0.3, 0.4) is 0 Å². The first-order chi connectivity index (χ1) is 9.08. The third-order valence-corrected chi connectivity index (χ3v) is 2.82. The van der Waals surface area contributed by atoms with Crippen molar-refractivity contribution in [3.05, 3.63) is 53.7 Å². The zero-order chi connectivity index (χ0) is 13.8. The molecule has 0 aliphatic carbocycles. The number of hydrogen-bond acceptors (Lipinski definition) is 2. The van der Waals surface area contributed by atoms with Crippen molar-refractivity contribution in [2.24, 2.45) is 0 Å². The number of carbonyl (C=O) groups is 1.